The summed E-state index contributed by atoms with van der Waals surface area (Å²) in [6.07, 6.45) is 4.71. The standard InChI is InChI=1S/C23H27NO6/c1-4-28-20-12-16-11-15(2)29-21(16)13-17(20)14-24-22(25)9-7-18-5-6-19(30-18)8-10-23(26)27-3/h5-7,9,12-13,15H,4,8,10-11,14H2,1-3H3,(H,24,25)/b9-7+/t15-/m0/s1. The zero-order valence-electron chi connectivity index (χ0n) is 17.5. The molecular weight excluding hydrogens is 386 g/mol. The molecule has 0 bridgehead atoms. The number of nitrogens with one attached hydrogen (secondary N) is 1. The summed E-state index contributed by atoms with van der Waals surface area (Å²) in [6, 6.07) is 7.47. The van der Waals surface area contributed by atoms with E-state index in [1.54, 1.807) is 18.2 Å². The zero-order chi connectivity index (χ0) is 21.5. The molecule has 160 valence electrons. The summed E-state index contributed by atoms with van der Waals surface area (Å²) in [4.78, 5) is 23.4. The zero-order valence-corrected chi connectivity index (χ0v) is 17.5. The summed E-state index contributed by atoms with van der Waals surface area (Å²) in [7, 11) is 1.35. The molecule has 2 aromatic rings. The Balaban J connectivity index is 1.56. The fraction of sp³-hybridized carbons (Fsp3) is 0.391. The van der Waals surface area contributed by atoms with Crippen LogP contribution in [-0.4, -0.2) is 31.7 Å². The molecule has 2 heterocycles. The number of hydrogen-bond acceptors (Lipinski definition) is 6. The first-order valence-corrected chi connectivity index (χ1v) is 10.0. The Hall–Kier alpha value is -3.22. The molecule has 7 nitrogen and oxygen atoms in total. The normalized spacial score (nSPS) is 15.0. The number of carbonyl (C=O) groups is 2. The molecule has 1 amide bonds. The number of rotatable bonds is 9. The molecule has 0 radical (unpaired) electrons. The van der Waals surface area contributed by atoms with Gasteiger partial charge >= 0.3 is 5.97 Å². The lowest BCUT2D eigenvalue weighted by Gasteiger charge is -2.13. The van der Waals surface area contributed by atoms with Gasteiger partial charge in [0.15, 0.2) is 0 Å². The SMILES string of the molecule is CCOc1cc2c(cc1CNC(=O)/C=C/c1ccc(CCC(=O)OC)o1)O[C@@H](C)C2. The first-order valence-electron chi connectivity index (χ1n) is 10.0. The van der Waals surface area contributed by atoms with Crippen molar-refractivity contribution in [1.82, 2.24) is 5.32 Å². The van der Waals surface area contributed by atoms with Crippen molar-refractivity contribution in [3.8, 4) is 11.5 Å². The first-order chi connectivity index (χ1) is 14.5. The van der Waals surface area contributed by atoms with Crippen LogP contribution in [0.1, 0.15) is 42.9 Å². The van der Waals surface area contributed by atoms with Crippen LogP contribution >= 0.6 is 0 Å². The van der Waals surface area contributed by atoms with E-state index >= 15 is 0 Å². The number of aryl methyl sites for hydroxylation is 1. The Kier molecular flexibility index (Phi) is 7.17. The van der Waals surface area contributed by atoms with Crippen molar-refractivity contribution >= 4 is 18.0 Å². The van der Waals surface area contributed by atoms with Crippen LogP contribution in [0.5, 0.6) is 11.5 Å². The second-order valence-corrected chi connectivity index (χ2v) is 7.06. The van der Waals surface area contributed by atoms with Crippen molar-refractivity contribution < 1.29 is 28.2 Å². The molecule has 0 spiro atoms. The van der Waals surface area contributed by atoms with Gasteiger partial charge < -0.3 is 23.9 Å². The maximum absolute atomic E-state index is 12.2. The molecule has 0 fully saturated rings. The van der Waals surface area contributed by atoms with E-state index in [9.17, 15) is 9.59 Å². The van der Waals surface area contributed by atoms with Crippen molar-refractivity contribution in [3.63, 3.8) is 0 Å². The summed E-state index contributed by atoms with van der Waals surface area (Å²) < 4.78 is 21.8. The highest BCUT2D eigenvalue weighted by atomic mass is 16.5. The first kappa shape index (κ1) is 21.5. The quantitative estimate of drug-likeness (QED) is 0.501. The van der Waals surface area contributed by atoms with E-state index in [1.165, 1.54) is 13.2 Å². The van der Waals surface area contributed by atoms with Gasteiger partial charge in [-0.15, -0.1) is 0 Å². The fourth-order valence-electron chi connectivity index (χ4n) is 3.25. The average molecular weight is 413 g/mol. The fourth-order valence-corrected chi connectivity index (χ4v) is 3.25. The van der Waals surface area contributed by atoms with E-state index in [0.29, 0.717) is 31.1 Å². The Morgan fingerprint density at radius 3 is 2.90 bits per heavy atom. The lowest BCUT2D eigenvalue weighted by molar-refractivity contribution is -0.140. The van der Waals surface area contributed by atoms with Gasteiger partial charge in [0.05, 0.1) is 20.1 Å². The largest absolute Gasteiger partial charge is 0.494 e. The molecular formula is C23H27NO6. The topological polar surface area (TPSA) is 87.0 Å². The number of fused-ring (bicyclic) bond motifs is 1. The van der Waals surface area contributed by atoms with Crippen molar-refractivity contribution in [2.24, 2.45) is 0 Å². The number of hydrogen-bond donors (Lipinski definition) is 1. The van der Waals surface area contributed by atoms with Gasteiger partial charge in [-0.2, -0.15) is 0 Å². The molecule has 1 aromatic heterocycles. The van der Waals surface area contributed by atoms with Crippen LogP contribution in [0.2, 0.25) is 0 Å². The van der Waals surface area contributed by atoms with Crippen molar-refractivity contribution in [1.29, 1.82) is 0 Å². The molecule has 0 aliphatic carbocycles. The third-order valence-electron chi connectivity index (χ3n) is 4.72. The maximum atomic E-state index is 12.2. The number of methoxy groups -OCH3 is 1. The summed E-state index contributed by atoms with van der Waals surface area (Å²) in [5, 5.41) is 2.86. The Morgan fingerprint density at radius 2 is 2.13 bits per heavy atom. The van der Waals surface area contributed by atoms with Crippen LogP contribution < -0.4 is 14.8 Å². The van der Waals surface area contributed by atoms with Gasteiger partial charge in [0, 0.05) is 36.6 Å². The predicted octanol–water partition coefficient (Wildman–Crippen LogP) is 3.44. The van der Waals surface area contributed by atoms with Crippen LogP contribution in [-0.2, 0) is 33.7 Å². The smallest absolute Gasteiger partial charge is 0.305 e. The molecule has 1 aliphatic heterocycles. The highest BCUT2D eigenvalue weighted by Crippen LogP contribution is 2.35. The third kappa shape index (κ3) is 5.65. The van der Waals surface area contributed by atoms with E-state index in [1.807, 2.05) is 26.0 Å². The van der Waals surface area contributed by atoms with E-state index in [-0.39, 0.29) is 24.4 Å². The minimum absolute atomic E-state index is 0.146. The van der Waals surface area contributed by atoms with Gasteiger partial charge in [-0.25, -0.2) is 0 Å². The summed E-state index contributed by atoms with van der Waals surface area (Å²) in [5.41, 5.74) is 2.00. The van der Waals surface area contributed by atoms with E-state index < -0.39 is 0 Å². The third-order valence-corrected chi connectivity index (χ3v) is 4.72. The van der Waals surface area contributed by atoms with Gasteiger partial charge in [-0.1, -0.05) is 0 Å². The van der Waals surface area contributed by atoms with Crippen molar-refractivity contribution in [2.75, 3.05) is 13.7 Å². The number of esters is 1. The minimum atomic E-state index is -0.291. The molecule has 3 rings (SSSR count). The van der Waals surface area contributed by atoms with Crippen LogP contribution in [0.3, 0.4) is 0 Å². The minimum Gasteiger partial charge on any atom is -0.494 e. The molecule has 0 unspecified atom stereocenters. The van der Waals surface area contributed by atoms with Crippen molar-refractivity contribution in [2.45, 2.75) is 45.8 Å². The van der Waals surface area contributed by atoms with Gasteiger partial charge in [0.25, 0.3) is 0 Å². The highest BCUT2D eigenvalue weighted by molar-refractivity contribution is 5.91. The number of ether oxygens (including phenoxy) is 3. The highest BCUT2D eigenvalue weighted by Gasteiger charge is 2.21. The van der Waals surface area contributed by atoms with Gasteiger partial charge in [-0.05, 0) is 44.2 Å². The Morgan fingerprint density at radius 1 is 1.30 bits per heavy atom. The van der Waals surface area contributed by atoms with Crippen LogP contribution in [0.25, 0.3) is 6.08 Å². The number of carbonyl (C=O) groups excluding carboxylic acids is 2. The van der Waals surface area contributed by atoms with E-state index in [2.05, 4.69) is 10.1 Å². The average Bonchev–Trinajstić information content (AvgIpc) is 3.33. The summed E-state index contributed by atoms with van der Waals surface area (Å²) in [5.74, 6) is 2.27. The Labute approximate surface area is 176 Å². The van der Waals surface area contributed by atoms with Crippen LogP contribution in [0.15, 0.2) is 34.8 Å². The summed E-state index contributed by atoms with van der Waals surface area (Å²) >= 11 is 0. The molecule has 0 saturated carbocycles. The van der Waals surface area contributed by atoms with Crippen molar-refractivity contribution in [3.05, 3.63) is 53.0 Å². The molecule has 1 atom stereocenters. The van der Waals surface area contributed by atoms with Crippen LogP contribution in [0.4, 0.5) is 0 Å². The predicted molar refractivity (Wildman–Crippen MR) is 111 cm³/mol. The van der Waals surface area contributed by atoms with Crippen LogP contribution in [0, 0.1) is 0 Å². The Bertz CT molecular complexity index is 930. The summed E-state index contributed by atoms with van der Waals surface area (Å²) in [6.45, 7) is 4.83. The number of furan rings is 1. The molecule has 1 aromatic carbocycles. The molecule has 30 heavy (non-hydrogen) atoms. The van der Waals surface area contributed by atoms with Gasteiger partial charge in [0.1, 0.15) is 29.1 Å². The monoisotopic (exact) mass is 413 g/mol. The molecule has 1 N–H and O–H groups in total. The molecule has 1 aliphatic rings. The van der Waals surface area contributed by atoms with E-state index in [0.717, 1.165) is 29.0 Å². The lowest BCUT2D eigenvalue weighted by Crippen LogP contribution is -2.20. The second-order valence-electron chi connectivity index (χ2n) is 7.06. The lowest BCUT2D eigenvalue weighted by atomic mass is 10.1. The number of benzene rings is 1. The van der Waals surface area contributed by atoms with Gasteiger partial charge in [0.2, 0.25) is 5.91 Å². The maximum Gasteiger partial charge on any atom is 0.305 e. The molecule has 0 saturated heterocycles. The van der Waals surface area contributed by atoms with Gasteiger partial charge in [-0.3, -0.25) is 9.59 Å². The van der Waals surface area contributed by atoms with E-state index in [4.69, 9.17) is 13.9 Å². The molecule has 7 heteroatoms. The second kappa shape index (κ2) is 10.0. The number of amides is 1.